The molecule has 340 valence electrons. The van der Waals surface area contributed by atoms with Crippen LogP contribution in [-0.2, 0) is 0 Å². The molecule has 0 aliphatic carbocycles. The molecule has 0 unspecified atom stereocenters. The van der Waals surface area contributed by atoms with E-state index in [1.54, 1.807) is 41.7 Å². The first-order valence-corrected chi connectivity index (χ1v) is 23.9. The van der Waals surface area contributed by atoms with Crippen LogP contribution in [0.2, 0.25) is 0 Å². The van der Waals surface area contributed by atoms with Crippen molar-refractivity contribution in [2.24, 2.45) is 0 Å². The van der Waals surface area contributed by atoms with Gasteiger partial charge in [0.1, 0.15) is 11.2 Å². The van der Waals surface area contributed by atoms with Crippen LogP contribution in [0.15, 0.2) is 247 Å². The van der Waals surface area contributed by atoms with Crippen molar-refractivity contribution in [2.45, 2.75) is 0 Å². The predicted molar refractivity (Wildman–Crippen MR) is 304 cm³/mol. The van der Waals surface area contributed by atoms with Crippen molar-refractivity contribution in [1.82, 2.24) is 19.5 Å². The van der Waals surface area contributed by atoms with Crippen LogP contribution in [0.5, 0.6) is 0 Å². The molecule has 0 spiro atoms. The van der Waals surface area contributed by atoms with E-state index in [2.05, 4.69) is 36.4 Å². The molecule has 0 aliphatic heterocycles. The van der Waals surface area contributed by atoms with Gasteiger partial charge in [-0.1, -0.05) is 182 Å². The maximum atomic E-state index is 9.84. The highest BCUT2D eigenvalue weighted by molar-refractivity contribution is 7.26. The highest BCUT2D eigenvalue weighted by atomic mass is 32.1. The van der Waals surface area contributed by atoms with Gasteiger partial charge in [0.25, 0.3) is 0 Å². The fourth-order valence-electron chi connectivity index (χ4n) is 9.78. The largest absolute Gasteiger partial charge is 0.455 e. The summed E-state index contributed by atoms with van der Waals surface area (Å²) in [5, 5.41) is 2.97. The van der Waals surface area contributed by atoms with Crippen LogP contribution < -0.4 is 0 Å². The standard InChI is InChI=1S/C67H40N4OS/c1-2-15-41(16-3-1)42-31-32-44-38-48(34-33-43(44)37-42)66-68-65(69-67(70-66)56-22-6-10-29-60(56)71-58-27-8-4-19-51(58)52-20-5-9-28-59(52)71)47-18-12-17-45(39-47)50-24-14-26-55-57-40-46(35-36-62(57)73-64(50)55)49-23-13-25-54-53-21-7-11-30-61(53)72-63(49)54/h1-40H/i1D,2D,3D,4D,5D,8D,15D,16D,19D,20D,27D,28D,31D,32D,33D,34D,37D,38D. The fraction of sp³-hybridized carbons (Fsp3) is 0. The Kier molecular flexibility index (Phi) is 6.17. The van der Waals surface area contributed by atoms with Gasteiger partial charge in [0.15, 0.2) is 17.5 Å². The zero-order valence-electron chi connectivity index (χ0n) is 55.8. The average Bonchev–Trinajstić information content (AvgIpc) is 1.73. The summed E-state index contributed by atoms with van der Waals surface area (Å²) in [6.45, 7) is 0. The van der Waals surface area contributed by atoms with E-state index in [-0.39, 0.29) is 68.7 Å². The van der Waals surface area contributed by atoms with Crippen molar-refractivity contribution in [3.05, 3.63) is 242 Å². The molecule has 0 N–H and O–H groups in total. The maximum absolute atomic E-state index is 9.84. The lowest BCUT2D eigenvalue weighted by molar-refractivity contribution is 0.670. The highest BCUT2D eigenvalue weighted by Gasteiger charge is 2.21. The molecule has 5 nitrogen and oxygen atoms in total. The first-order valence-electron chi connectivity index (χ1n) is 32.1. The summed E-state index contributed by atoms with van der Waals surface area (Å²) in [7, 11) is 0. The molecule has 15 aromatic rings. The summed E-state index contributed by atoms with van der Waals surface area (Å²) in [6, 6.07) is 30.2. The number of rotatable bonds is 7. The smallest absolute Gasteiger partial charge is 0.166 e. The number of thiophene rings is 1. The molecule has 15 rings (SSSR count). The maximum Gasteiger partial charge on any atom is 0.166 e. The molecule has 0 saturated heterocycles. The van der Waals surface area contributed by atoms with Crippen LogP contribution in [0.25, 0.3) is 148 Å². The van der Waals surface area contributed by atoms with Crippen LogP contribution >= 0.6 is 11.3 Å². The van der Waals surface area contributed by atoms with Crippen molar-refractivity contribution >= 4 is 86.0 Å². The monoisotopic (exact) mass is 966 g/mol. The molecule has 0 aliphatic rings. The van der Waals surface area contributed by atoms with Gasteiger partial charge in [0.05, 0.1) is 41.4 Å². The van der Waals surface area contributed by atoms with E-state index >= 15 is 0 Å². The normalized spacial score (nSPS) is 15.3. The van der Waals surface area contributed by atoms with Gasteiger partial charge in [-0.15, -0.1) is 11.3 Å². The van der Waals surface area contributed by atoms with Gasteiger partial charge in [0, 0.05) is 64.0 Å². The van der Waals surface area contributed by atoms with Crippen molar-refractivity contribution < 1.29 is 29.1 Å². The number of para-hydroxylation sites is 5. The van der Waals surface area contributed by atoms with E-state index in [4.69, 9.17) is 33.1 Å². The topological polar surface area (TPSA) is 56.7 Å². The molecule has 11 aromatic carbocycles. The second-order valence-corrected chi connectivity index (χ2v) is 18.3. The number of hydrogen-bond donors (Lipinski definition) is 0. The van der Waals surface area contributed by atoms with Gasteiger partial charge < -0.3 is 8.98 Å². The van der Waals surface area contributed by atoms with Crippen molar-refractivity contribution in [2.75, 3.05) is 0 Å². The van der Waals surface area contributed by atoms with E-state index in [0.29, 0.717) is 5.56 Å². The second-order valence-electron chi connectivity index (χ2n) is 17.3. The molecule has 6 heteroatoms. The summed E-state index contributed by atoms with van der Waals surface area (Å²) in [5.41, 5.74) is 4.14. The van der Waals surface area contributed by atoms with E-state index in [0.717, 1.165) is 70.4 Å². The van der Waals surface area contributed by atoms with Crippen molar-refractivity contribution in [1.29, 1.82) is 0 Å². The number of benzene rings is 11. The first kappa shape index (κ1) is 27.2. The number of nitrogens with zero attached hydrogens (tertiary/aromatic N) is 4. The Hall–Kier alpha value is -9.49. The van der Waals surface area contributed by atoms with Crippen molar-refractivity contribution in [3.63, 3.8) is 0 Å². The van der Waals surface area contributed by atoms with Gasteiger partial charge in [0.2, 0.25) is 0 Å². The summed E-state index contributed by atoms with van der Waals surface area (Å²) in [6.07, 6.45) is 0. The van der Waals surface area contributed by atoms with Crippen LogP contribution in [0.3, 0.4) is 0 Å². The fourth-order valence-corrected chi connectivity index (χ4v) is 11.0. The van der Waals surface area contributed by atoms with Crippen LogP contribution in [0, 0.1) is 0 Å². The molecular formula is C67H40N4OS. The lowest BCUT2D eigenvalue weighted by Gasteiger charge is -2.15. The summed E-state index contributed by atoms with van der Waals surface area (Å²) in [5.74, 6) is -0.559. The average molecular weight is 967 g/mol. The lowest BCUT2D eigenvalue weighted by atomic mass is 9.98. The Labute approximate surface area is 448 Å². The zero-order chi connectivity index (χ0) is 63.6. The molecule has 0 fully saturated rings. The molecule has 0 amide bonds. The van der Waals surface area contributed by atoms with Crippen molar-refractivity contribution in [3.8, 4) is 73.2 Å². The molecular weight excluding hydrogens is 909 g/mol. The molecule has 4 heterocycles. The molecule has 0 bridgehead atoms. The first-order chi connectivity index (χ1) is 43.7. The van der Waals surface area contributed by atoms with Crippen LogP contribution in [0.1, 0.15) is 24.7 Å². The Bertz CT molecular complexity index is 5770. The molecule has 4 aromatic heterocycles. The Morgan fingerprint density at radius 3 is 1.96 bits per heavy atom. The minimum absolute atomic E-state index is 0.0218. The van der Waals surface area contributed by atoms with Gasteiger partial charge in [-0.3, -0.25) is 0 Å². The molecule has 0 atom stereocenters. The predicted octanol–water partition coefficient (Wildman–Crippen LogP) is 18.4. The molecule has 0 radical (unpaired) electrons. The molecule has 73 heavy (non-hydrogen) atoms. The SMILES string of the molecule is [2H]c1cc([2H])c2c(c1[2H])c1c([2H])c([2H])c([2H])c([2H])c1n2-c1ccccc1-c1nc(-c2cccc(-c3cccc4c3sc3ccc(-c5cccc6c5oc5ccccc56)cc34)c2)nc(-c2c([2H])c([2H])c3c([2H])c(-c4c([2H])c([2H])c([2H])c([2H])c4[2H])c([2H])c([2H])c3c2[2H])n1. The van der Waals surface area contributed by atoms with E-state index in [1.165, 1.54) is 4.57 Å². The number of hydrogen-bond acceptors (Lipinski definition) is 5. The van der Waals surface area contributed by atoms with Gasteiger partial charge in [-0.25, -0.2) is 15.0 Å². The summed E-state index contributed by atoms with van der Waals surface area (Å²) >= 11 is 1.62. The third-order valence-corrected chi connectivity index (χ3v) is 14.3. The third kappa shape index (κ3) is 6.80. The third-order valence-electron chi connectivity index (χ3n) is 13.1. The lowest BCUT2D eigenvalue weighted by Crippen LogP contribution is -2.03. The Morgan fingerprint density at radius 1 is 0.397 bits per heavy atom. The zero-order valence-corrected chi connectivity index (χ0v) is 38.6. The Balaban J connectivity index is 0.960. The van der Waals surface area contributed by atoms with Crippen LogP contribution in [0.4, 0.5) is 0 Å². The minimum Gasteiger partial charge on any atom is -0.455 e. The van der Waals surface area contributed by atoms with Gasteiger partial charge >= 0.3 is 0 Å². The summed E-state index contributed by atoms with van der Waals surface area (Å²) < 4.78 is 172. The van der Waals surface area contributed by atoms with E-state index in [1.807, 2.05) is 60.7 Å². The van der Waals surface area contributed by atoms with Gasteiger partial charge in [-0.2, -0.15) is 0 Å². The van der Waals surface area contributed by atoms with E-state index in [9.17, 15) is 11.0 Å². The van der Waals surface area contributed by atoms with Gasteiger partial charge in [-0.05, 0) is 99.2 Å². The van der Waals surface area contributed by atoms with E-state index < -0.39 is 118 Å². The second kappa shape index (κ2) is 16.6. The minimum atomic E-state index is -0.781. The Morgan fingerprint density at radius 2 is 1.05 bits per heavy atom. The van der Waals surface area contributed by atoms with Crippen LogP contribution in [-0.4, -0.2) is 19.5 Å². The highest BCUT2D eigenvalue weighted by Crippen LogP contribution is 2.44. The number of aromatic nitrogens is 4. The summed E-state index contributed by atoms with van der Waals surface area (Å²) in [4.78, 5) is 15.0. The number of furan rings is 1. The number of fused-ring (bicyclic) bond motifs is 10. The molecule has 0 saturated carbocycles. The quantitative estimate of drug-likeness (QED) is 0.160.